The fourth-order valence-corrected chi connectivity index (χ4v) is 2.60. The lowest BCUT2D eigenvalue weighted by atomic mass is 9.93. The van der Waals surface area contributed by atoms with Gasteiger partial charge in [0.05, 0.1) is 12.2 Å². The van der Waals surface area contributed by atoms with Gasteiger partial charge in [-0.2, -0.15) is 18.3 Å². The molecule has 4 rings (SSSR count). The van der Waals surface area contributed by atoms with E-state index in [1.54, 1.807) is 0 Å². The smallest absolute Gasteiger partial charge is 0.373 e. The lowest BCUT2D eigenvalue weighted by Gasteiger charge is -2.25. The average Bonchev–Trinajstić information content (AvgIpc) is 3.10. The number of nitrogens with one attached hydrogen (secondary N) is 1. The van der Waals surface area contributed by atoms with Crippen molar-refractivity contribution < 1.29 is 18.0 Å². The minimum absolute atomic E-state index is 0.218. The second-order valence-corrected chi connectivity index (χ2v) is 6.14. The first-order valence-electron chi connectivity index (χ1n) is 9.43. The van der Waals surface area contributed by atoms with Crippen LogP contribution in [0.1, 0.15) is 55.3 Å². The Morgan fingerprint density at radius 1 is 1.24 bits per heavy atom. The standard InChI is InChI=1S/C11H14N4.C7H4F3NO.C2H6/c1-12-11-5-8-7-15(9-3-2-4-9)14-10(8)6-13-11;8-7(9,10)6-3-1-2-5(4-12)11-6;1-2/h5-7,9,12H,2-4H2,1H3;1-4H;1-2H3. The number of carbonyl (C=O) groups is 1. The molecule has 1 aliphatic carbocycles. The number of hydrogen-bond acceptors (Lipinski definition) is 5. The third-order valence-electron chi connectivity index (χ3n) is 4.30. The molecule has 1 saturated carbocycles. The highest BCUT2D eigenvalue weighted by Gasteiger charge is 2.32. The molecule has 0 unspecified atom stereocenters. The maximum atomic E-state index is 11.9. The summed E-state index contributed by atoms with van der Waals surface area (Å²) >= 11 is 0. The Morgan fingerprint density at radius 3 is 2.52 bits per heavy atom. The first-order chi connectivity index (χ1) is 13.9. The summed E-state index contributed by atoms with van der Waals surface area (Å²) in [6.07, 6.45) is 3.60. The predicted octanol–water partition coefficient (Wildman–Crippen LogP) is 5.14. The second-order valence-electron chi connectivity index (χ2n) is 6.14. The van der Waals surface area contributed by atoms with Gasteiger partial charge >= 0.3 is 6.18 Å². The molecule has 0 bridgehead atoms. The van der Waals surface area contributed by atoms with Gasteiger partial charge in [-0.1, -0.05) is 19.9 Å². The highest BCUT2D eigenvalue weighted by atomic mass is 19.4. The van der Waals surface area contributed by atoms with E-state index in [2.05, 4.69) is 31.3 Å². The molecule has 0 atom stereocenters. The van der Waals surface area contributed by atoms with Crippen LogP contribution in [0, 0.1) is 0 Å². The lowest BCUT2D eigenvalue weighted by Crippen LogP contribution is -2.16. The number of alkyl halides is 3. The first kappa shape index (κ1) is 22.3. The molecule has 1 fully saturated rings. The fourth-order valence-electron chi connectivity index (χ4n) is 2.60. The van der Waals surface area contributed by atoms with Crippen molar-refractivity contribution in [1.29, 1.82) is 0 Å². The van der Waals surface area contributed by atoms with Crippen molar-refractivity contribution in [1.82, 2.24) is 19.7 Å². The molecule has 1 aliphatic rings. The van der Waals surface area contributed by atoms with E-state index in [4.69, 9.17) is 0 Å². The van der Waals surface area contributed by atoms with Crippen LogP contribution >= 0.6 is 0 Å². The van der Waals surface area contributed by atoms with E-state index in [1.165, 1.54) is 30.7 Å². The molecule has 0 radical (unpaired) electrons. The Bertz CT molecular complexity index is 935. The number of nitrogens with zero attached hydrogens (tertiary/aromatic N) is 4. The van der Waals surface area contributed by atoms with E-state index in [0.29, 0.717) is 6.04 Å². The van der Waals surface area contributed by atoms with Crippen molar-refractivity contribution in [2.24, 2.45) is 0 Å². The largest absolute Gasteiger partial charge is 0.433 e. The maximum absolute atomic E-state index is 11.9. The number of pyridine rings is 2. The van der Waals surface area contributed by atoms with Crippen LogP contribution in [0.3, 0.4) is 0 Å². The Labute approximate surface area is 167 Å². The van der Waals surface area contributed by atoms with Gasteiger partial charge in [0.25, 0.3) is 0 Å². The van der Waals surface area contributed by atoms with Crippen LogP contribution in [0.2, 0.25) is 0 Å². The summed E-state index contributed by atoms with van der Waals surface area (Å²) in [6.45, 7) is 4.00. The van der Waals surface area contributed by atoms with Gasteiger partial charge in [0.15, 0.2) is 6.29 Å². The third kappa shape index (κ3) is 5.75. The minimum Gasteiger partial charge on any atom is -0.373 e. The summed E-state index contributed by atoms with van der Waals surface area (Å²) in [7, 11) is 1.88. The van der Waals surface area contributed by atoms with Gasteiger partial charge in [0, 0.05) is 18.6 Å². The number of carbonyl (C=O) groups excluding carboxylic acids is 1. The monoisotopic (exact) mass is 407 g/mol. The maximum Gasteiger partial charge on any atom is 0.433 e. The van der Waals surface area contributed by atoms with Gasteiger partial charge in [-0.05, 0) is 37.5 Å². The van der Waals surface area contributed by atoms with Gasteiger partial charge in [-0.15, -0.1) is 0 Å². The van der Waals surface area contributed by atoms with Crippen molar-refractivity contribution in [2.45, 2.75) is 45.3 Å². The van der Waals surface area contributed by atoms with Crippen LogP contribution in [-0.2, 0) is 6.18 Å². The highest BCUT2D eigenvalue weighted by molar-refractivity contribution is 5.79. The van der Waals surface area contributed by atoms with E-state index < -0.39 is 11.9 Å². The van der Waals surface area contributed by atoms with Crippen molar-refractivity contribution in [3.8, 4) is 0 Å². The zero-order valence-electron chi connectivity index (χ0n) is 16.6. The van der Waals surface area contributed by atoms with Crippen molar-refractivity contribution in [3.63, 3.8) is 0 Å². The molecular formula is C20H24F3N5O. The van der Waals surface area contributed by atoms with Gasteiger partial charge in [-0.25, -0.2) is 9.97 Å². The second kappa shape index (κ2) is 9.99. The molecule has 1 N–H and O–H groups in total. The van der Waals surface area contributed by atoms with Crippen LogP contribution in [0.5, 0.6) is 0 Å². The van der Waals surface area contributed by atoms with E-state index in [0.717, 1.165) is 23.5 Å². The van der Waals surface area contributed by atoms with Crippen LogP contribution in [0.25, 0.3) is 10.9 Å². The number of anilines is 1. The van der Waals surface area contributed by atoms with E-state index >= 15 is 0 Å². The summed E-state index contributed by atoms with van der Waals surface area (Å²) in [5.41, 5.74) is -0.280. The van der Waals surface area contributed by atoms with E-state index in [9.17, 15) is 18.0 Å². The van der Waals surface area contributed by atoms with E-state index in [-0.39, 0.29) is 12.0 Å². The molecule has 0 aromatic carbocycles. The van der Waals surface area contributed by atoms with Gasteiger partial charge in [0.2, 0.25) is 0 Å². The molecule has 0 saturated heterocycles. The third-order valence-corrected chi connectivity index (χ3v) is 4.30. The summed E-state index contributed by atoms with van der Waals surface area (Å²) in [5, 5.41) is 8.74. The number of aldehydes is 1. The molecule has 0 spiro atoms. The molecule has 3 aromatic heterocycles. The Balaban J connectivity index is 0.000000196. The van der Waals surface area contributed by atoms with Crippen LogP contribution < -0.4 is 5.32 Å². The minimum atomic E-state index is -4.49. The summed E-state index contributed by atoms with van der Waals surface area (Å²) < 4.78 is 37.9. The molecule has 156 valence electrons. The fraction of sp³-hybridized carbons (Fsp3) is 0.400. The number of halogens is 3. The Kier molecular flexibility index (Phi) is 7.69. The summed E-state index contributed by atoms with van der Waals surface area (Å²) in [4.78, 5) is 17.4. The molecule has 3 heterocycles. The van der Waals surface area contributed by atoms with Crippen LogP contribution in [-0.4, -0.2) is 33.1 Å². The quantitative estimate of drug-likeness (QED) is 0.609. The first-order valence-corrected chi connectivity index (χ1v) is 9.43. The lowest BCUT2D eigenvalue weighted by molar-refractivity contribution is -0.141. The summed E-state index contributed by atoms with van der Waals surface area (Å²) in [6, 6.07) is 5.82. The number of hydrogen-bond donors (Lipinski definition) is 1. The zero-order chi connectivity index (χ0) is 21.4. The van der Waals surface area contributed by atoms with Crippen LogP contribution in [0.15, 0.2) is 36.7 Å². The van der Waals surface area contributed by atoms with Crippen molar-refractivity contribution >= 4 is 23.0 Å². The van der Waals surface area contributed by atoms with Crippen molar-refractivity contribution in [2.75, 3.05) is 12.4 Å². The van der Waals surface area contributed by atoms with Gasteiger partial charge < -0.3 is 5.32 Å². The SMILES string of the molecule is CC.CNc1cc2cn(C3CCC3)nc2cn1.O=Cc1cccc(C(F)(F)F)n1. The normalized spacial score (nSPS) is 13.4. The molecule has 6 nitrogen and oxygen atoms in total. The highest BCUT2D eigenvalue weighted by Crippen LogP contribution is 2.32. The number of fused-ring (bicyclic) bond motifs is 1. The average molecular weight is 407 g/mol. The van der Waals surface area contributed by atoms with Crippen molar-refractivity contribution in [3.05, 3.63) is 48.0 Å². The van der Waals surface area contributed by atoms with Crippen LogP contribution in [0.4, 0.5) is 19.0 Å². The Morgan fingerprint density at radius 2 is 1.97 bits per heavy atom. The topological polar surface area (TPSA) is 72.7 Å². The molecule has 0 amide bonds. The number of aromatic nitrogens is 4. The van der Waals surface area contributed by atoms with Gasteiger partial charge in [-0.3, -0.25) is 9.48 Å². The summed E-state index contributed by atoms with van der Waals surface area (Å²) in [5.74, 6) is 0.899. The molecule has 29 heavy (non-hydrogen) atoms. The van der Waals surface area contributed by atoms with Gasteiger partial charge in [0.1, 0.15) is 22.7 Å². The molecule has 9 heteroatoms. The number of rotatable bonds is 3. The van der Waals surface area contributed by atoms with E-state index in [1.807, 2.05) is 33.2 Å². The molecule has 3 aromatic rings. The zero-order valence-corrected chi connectivity index (χ0v) is 16.6. The predicted molar refractivity (Wildman–Crippen MR) is 106 cm³/mol. The molecular weight excluding hydrogens is 383 g/mol. The molecule has 0 aliphatic heterocycles. The Hall–Kier alpha value is -2.97.